The van der Waals surface area contributed by atoms with E-state index in [4.69, 9.17) is 14.8 Å². The summed E-state index contributed by atoms with van der Waals surface area (Å²) in [6, 6.07) is 3.37. The lowest BCUT2D eigenvalue weighted by Crippen LogP contribution is -2.30. The van der Waals surface area contributed by atoms with E-state index in [9.17, 15) is 0 Å². The fourth-order valence-electron chi connectivity index (χ4n) is 1.21. The molecule has 1 aromatic carbocycles. The molecule has 0 aliphatic carbocycles. The zero-order chi connectivity index (χ0) is 10.0. The monoisotopic (exact) mass is 180 g/mol. The quantitative estimate of drug-likeness (QED) is 0.629. The lowest BCUT2D eigenvalue weighted by atomic mass is 9.79. The third-order valence-corrected chi connectivity index (χ3v) is 2.16. The molecule has 0 aliphatic rings. The summed E-state index contributed by atoms with van der Waals surface area (Å²) in [5.74, 6) is 0.683. The highest BCUT2D eigenvalue weighted by atomic mass is 16.5. The van der Waals surface area contributed by atoms with E-state index in [1.807, 2.05) is 13.8 Å². The van der Waals surface area contributed by atoms with Gasteiger partial charge in [0, 0.05) is 0 Å². The second-order valence-corrected chi connectivity index (χ2v) is 3.04. The largest absolute Gasteiger partial charge is 0.496 e. The second kappa shape index (κ2) is 3.81. The Morgan fingerprint density at radius 1 is 1.23 bits per heavy atom. The van der Waals surface area contributed by atoms with E-state index < -0.39 is 7.12 Å². The van der Waals surface area contributed by atoms with E-state index in [0.29, 0.717) is 11.2 Å². The zero-order valence-corrected chi connectivity index (χ0v) is 8.03. The van der Waals surface area contributed by atoms with Crippen LogP contribution in [0.3, 0.4) is 0 Å². The lowest BCUT2D eigenvalue weighted by molar-refractivity contribution is 0.409. The van der Waals surface area contributed by atoms with E-state index in [2.05, 4.69) is 0 Å². The standard InChI is InChI=1S/C9H13BO3/c1-6-4-8(10(11)12)5-9(13-3)7(6)2/h4-5,11-12H,1-3H3. The molecule has 0 bridgehead atoms. The smallest absolute Gasteiger partial charge is 0.488 e. The van der Waals surface area contributed by atoms with Crippen LogP contribution in [0.4, 0.5) is 0 Å². The minimum atomic E-state index is -1.44. The van der Waals surface area contributed by atoms with Crippen molar-refractivity contribution < 1.29 is 14.8 Å². The zero-order valence-electron chi connectivity index (χ0n) is 8.03. The Morgan fingerprint density at radius 3 is 2.31 bits per heavy atom. The van der Waals surface area contributed by atoms with Crippen LogP contribution in [0.25, 0.3) is 0 Å². The predicted octanol–water partition coefficient (Wildman–Crippen LogP) is -0.00816. The Bertz CT molecular complexity index is 310. The van der Waals surface area contributed by atoms with E-state index in [1.54, 1.807) is 19.2 Å². The molecule has 4 heteroatoms. The van der Waals surface area contributed by atoms with Crippen LogP contribution in [0.5, 0.6) is 5.75 Å². The molecule has 0 heterocycles. The SMILES string of the molecule is COc1cc(B(O)O)cc(C)c1C. The average molecular weight is 180 g/mol. The summed E-state index contributed by atoms with van der Waals surface area (Å²) in [6.45, 7) is 3.84. The first-order valence-electron chi connectivity index (χ1n) is 4.07. The van der Waals surface area contributed by atoms with Crippen LogP contribution in [0, 0.1) is 13.8 Å². The van der Waals surface area contributed by atoms with Gasteiger partial charge in [-0.2, -0.15) is 0 Å². The minimum Gasteiger partial charge on any atom is -0.496 e. The number of rotatable bonds is 2. The van der Waals surface area contributed by atoms with Crippen LogP contribution >= 0.6 is 0 Å². The lowest BCUT2D eigenvalue weighted by Gasteiger charge is -2.10. The van der Waals surface area contributed by atoms with Gasteiger partial charge in [0.15, 0.2) is 0 Å². The first kappa shape index (κ1) is 10.1. The molecule has 0 unspecified atom stereocenters. The van der Waals surface area contributed by atoms with Crippen molar-refractivity contribution in [1.82, 2.24) is 0 Å². The van der Waals surface area contributed by atoms with Crippen LogP contribution in [-0.2, 0) is 0 Å². The summed E-state index contributed by atoms with van der Waals surface area (Å²) in [7, 11) is 0.128. The summed E-state index contributed by atoms with van der Waals surface area (Å²) >= 11 is 0. The van der Waals surface area contributed by atoms with Crippen LogP contribution < -0.4 is 10.2 Å². The summed E-state index contributed by atoms with van der Waals surface area (Å²) in [4.78, 5) is 0. The highest BCUT2D eigenvalue weighted by molar-refractivity contribution is 6.58. The van der Waals surface area contributed by atoms with Crippen LogP contribution in [0.1, 0.15) is 11.1 Å². The maximum Gasteiger partial charge on any atom is 0.488 e. The molecule has 0 aliphatic heterocycles. The number of hydrogen-bond donors (Lipinski definition) is 2. The molecule has 0 fully saturated rings. The molecule has 1 rings (SSSR count). The van der Waals surface area contributed by atoms with Crippen molar-refractivity contribution in [2.45, 2.75) is 13.8 Å². The molecule has 0 radical (unpaired) electrons. The Labute approximate surface area is 78.1 Å². The molecule has 13 heavy (non-hydrogen) atoms. The summed E-state index contributed by atoms with van der Waals surface area (Å²) in [5.41, 5.74) is 2.47. The van der Waals surface area contributed by atoms with Gasteiger partial charge in [0.25, 0.3) is 0 Å². The highest BCUT2D eigenvalue weighted by Crippen LogP contribution is 2.18. The van der Waals surface area contributed by atoms with E-state index >= 15 is 0 Å². The van der Waals surface area contributed by atoms with Gasteiger partial charge < -0.3 is 14.8 Å². The molecule has 70 valence electrons. The van der Waals surface area contributed by atoms with Gasteiger partial charge in [-0.05, 0) is 36.5 Å². The highest BCUT2D eigenvalue weighted by Gasteiger charge is 2.14. The molecular formula is C9H13BO3. The molecule has 1 aromatic rings. The number of ether oxygens (including phenoxy) is 1. The number of hydrogen-bond acceptors (Lipinski definition) is 3. The van der Waals surface area contributed by atoms with Crippen molar-refractivity contribution in [1.29, 1.82) is 0 Å². The van der Waals surface area contributed by atoms with Gasteiger partial charge in [-0.1, -0.05) is 6.07 Å². The average Bonchev–Trinajstić information content (AvgIpc) is 2.09. The molecule has 0 saturated carbocycles. The Morgan fingerprint density at radius 2 is 1.85 bits per heavy atom. The van der Waals surface area contributed by atoms with Crippen molar-refractivity contribution in [3.63, 3.8) is 0 Å². The van der Waals surface area contributed by atoms with Gasteiger partial charge >= 0.3 is 7.12 Å². The Hall–Kier alpha value is -0.995. The van der Waals surface area contributed by atoms with Gasteiger partial charge in [-0.15, -0.1) is 0 Å². The van der Waals surface area contributed by atoms with E-state index in [0.717, 1.165) is 11.1 Å². The van der Waals surface area contributed by atoms with E-state index in [-0.39, 0.29) is 0 Å². The van der Waals surface area contributed by atoms with Crippen LogP contribution in [0.2, 0.25) is 0 Å². The summed E-state index contributed by atoms with van der Waals surface area (Å²) < 4.78 is 5.09. The third kappa shape index (κ3) is 2.02. The fraction of sp³-hybridized carbons (Fsp3) is 0.333. The number of methoxy groups -OCH3 is 1. The normalized spacial score (nSPS) is 9.92. The van der Waals surface area contributed by atoms with Crippen molar-refractivity contribution in [2.75, 3.05) is 7.11 Å². The van der Waals surface area contributed by atoms with Gasteiger partial charge in [-0.25, -0.2) is 0 Å². The van der Waals surface area contributed by atoms with Gasteiger partial charge in [0.1, 0.15) is 5.75 Å². The summed E-state index contributed by atoms with van der Waals surface area (Å²) in [5, 5.41) is 17.9. The first-order chi connectivity index (χ1) is 6.06. The first-order valence-corrected chi connectivity index (χ1v) is 4.07. The molecule has 0 amide bonds. The number of aryl methyl sites for hydroxylation is 1. The molecule has 0 aromatic heterocycles. The van der Waals surface area contributed by atoms with Crippen LogP contribution in [-0.4, -0.2) is 24.3 Å². The van der Waals surface area contributed by atoms with Crippen molar-refractivity contribution in [3.05, 3.63) is 23.3 Å². The molecule has 0 saturated heterocycles. The van der Waals surface area contributed by atoms with Crippen LogP contribution in [0.15, 0.2) is 12.1 Å². The van der Waals surface area contributed by atoms with Gasteiger partial charge in [-0.3, -0.25) is 0 Å². The molecule has 2 N–H and O–H groups in total. The van der Waals surface area contributed by atoms with E-state index in [1.165, 1.54) is 0 Å². The van der Waals surface area contributed by atoms with Crippen molar-refractivity contribution in [3.8, 4) is 5.75 Å². The third-order valence-electron chi connectivity index (χ3n) is 2.16. The molecule has 0 atom stereocenters. The molecular weight excluding hydrogens is 167 g/mol. The van der Waals surface area contributed by atoms with Gasteiger partial charge in [0.05, 0.1) is 7.11 Å². The Kier molecular flexibility index (Phi) is 2.96. The number of benzene rings is 1. The minimum absolute atomic E-state index is 0.458. The topological polar surface area (TPSA) is 49.7 Å². The fourth-order valence-corrected chi connectivity index (χ4v) is 1.21. The second-order valence-electron chi connectivity index (χ2n) is 3.04. The van der Waals surface area contributed by atoms with Crippen molar-refractivity contribution >= 4 is 12.6 Å². The maximum absolute atomic E-state index is 8.96. The van der Waals surface area contributed by atoms with Gasteiger partial charge in [0.2, 0.25) is 0 Å². The van der Waals surface area contributed by atoms with Crippen molar-refractivity contribution in [2.24, 2.45) is 0 Å². The maximum atomic E-state index is 8.96. The summed E-state index contributed by atoms with van der Waals surface area (Å²) in [6.07, 6.45) is 0. The molecule has 0 spiro atoms. The molecule has 3 nitrogen and oxygen atoms in total. The Balaban J connectivity index is 3.22. The predicted molar refractivity (Wildman–Crippen MR) is 52.3 cm³/mol.